The first-order valence-electron chi connectivity index (χ1n) is 6.17. The Morgan fingerprint density at radius 1 is 1.05 bits per heavy atom. The van der Waals surface area contributed by atoms with Crippen LogP contribution in [0.1, 0.15) is 10.4 Å². The lowest BCUT2D eigenvalue weighted by atomic mass is 10.0. The van der Waals surface area contributed by atoms with Crippen LogP contribution in [0.2, 0.25) is 0 Å². The Labute approximate surface area is 125 Å². The van der Waals surface area contributed by atoms with E-state index < -0.39 is 0 Å². The molecule has 1 aromatic carbocycles. The first-order valence-corrected chi connectivity index (χ1v) is 7.46. The van der Waals surface area contributed by atoms with Gasteiger partial charge in [-0.05, 0) is 29.2 Å². The van der Waals surface area contributed by atoms with Gasteiger partial charge < -0.3 is 4.98 Å². The molecule has 0 bridgehead atoms. The highest BCUT2D eigenvalue weighted by molar-refractivity contribution is 7.71. The van der Waals surface area contributed by atoms with E-state index in [0.717, 1.165) is 16.1 Å². The Hall–Kier alpha value is -1.98. The monoisotopic (exact) mass is 300 g/mol. The molecular weight excluding hydrogens is 288 g/mol. The normalized spacial score (nSPS) is 10.6. The van der Waals surface area contributed by atoms with E-state index >= 15 is 0 Å². The van der Waals surface area contributed by atoms with E-state index in [1.807, 2.05) is 47.8 Å². The van der Waals surface area contributed by atoms with Gasteiger partial charge in [-0.15, -0.1) is 11.3 Å². The molecule has 0 aliphatic heterocycles. The van der Waals surface area contributed by atoms with Crippen LogP contribution in [0.5, 0.6) is 0 Å². The number of nitrogens with one attached hydrogen (secondary N) is 2. The van der Waals surface area contributed by atoms with Gasteiger partial charge in [0.05, 0.1) is 5.69 Å². The highest BCUT2D eigenvalue weighted by Gasteiger charge is 2.11. The van der Waals surface area contributed by atoms with E-state index in [1.54, 1.807) is 11.3 Å². The van der Waals surface area contributed by atoms with E-state index in [1.165, 1.54) is 0 Å². The maximum atomic E-state index is 12.2. The van der Waals surface area contributed by atoms with Crippen molar-refractivity contribution in [3.63, 3.8) is 0 Å². The summed E-state index contributed by atoms with van der Waals surface area (Å²) in [6.45, 7) is 0. The van der Waals surface area contributed by atoms with Crippen LogP contribution in [0.3, 0.4) is 0 Å². The average Bonchev–Trinajstić information content (AvgIpc) is 2.95. The number of aromatic amines is 2. The van der Waals surface area contributed by atoms with Gasteiger partial charge in [-0.3, -0.25) is 9.78 Å². The van der Waals surface area contributed by atoms with Crippen molar-refractivity contribution in [2.45, 2.75) is 6.42 Å². The molecule has 3 nitrogen and oxygen atoms in total. The number of hydrogen-bond donors (Lipinski definition) is 2. The summed E-state index contributed by atoms with van der Waals surface area (Å²) in [5.74, 6) is 0. The molecule has 0 saturated carbocycles. The van der Waals surface area contributed by atoms with E-state index in [0.29, 0.717) is 16.8 Å². The quantitative estimate of drug-likeness (QED) is 0.724. The van der Waals surface area contributed by atoms with E-state index in [-0.39, 0.29) is 5.56 Å². The largest absolute Gasteiger partial charge is 0.331 e. The van der Waals surface area contributed by atoms with Gasteiger partial charge in [-0.25, -0.2) is 0 Å². The van der Waals surface area contributed by atoms with Gasteiger partial charge in [0, 0.05) is 16.9 Å². The third-order valence-corrected chi connectivity index (χ3v) is 4.12. The van der Waals surface area contributed by atoms with Crippen LogP contribution >= 0.6 is 23.6 Å². The van der Waals surface area contributed by atoms with Crippen molar-refractivity contribution in [1.29, 1.82) is 0 Å². The lowest BCUT2D eigenvalue weighted by Crippen LogP contribution is -2.16. The van der Waals surface area contributed by atoms with Gasteiger partial charge in [-0.1, -0.05) is 36.4 Å². The van der Waals surface area contributed by atoms with Crippen molar-refractivity contribution in [2.24, 2.45) is 0 Å². The van der Waals surface area contributed by atoms with Gasteiger partial charge in [-0.2, -0.15) is 0 Å². The molecular formula is C15H12N2OS2. The number of benzene rings is 1. The van der Waals surface area contributed by atoms with E-state index in [9.17, 15) is 4.79 Å². The summed E-state index contributed by atoms with van der Waals surface area (Å²) in [6.07, 6.45) is 0.601. The predicted molar refractivity (Wildman–Crippen MR) is 84.8 cm³/mol. The molecule has 0 saturated heterocycles. The number of H-pyrrole nitrogens is 2. The Morgan fingerprint density at radius 3 is 2.55 bits per heavy atom. The molecule has 2 aromatic heterocycles. The van der Waals surface area contributed by atoms with Crippen LogP contribution in [0.4, 0.5) is 0 Å². The third kappa shape index (κ3) is 2.64. The average molecular weight is 300 g/mol. The molecule has 0 amide bonds. The van der Waals surface area contributed by atoms with Crippen molar-refractivity contribution in [1.82, 2.24) is 9.97 Å². The molecule has 100 valence electrons. The van der Waals surface area contributed by atoms with Gasteiger partial charge >= 0.3 is 0 Å². The molecule has 0 aliphatic carbocycles. The Morgan fingerprint density at radius 2 is 1.85 bits per heavy atom. The molecule has 2 N–H and O–H groups in total. The molecule has 0 unspecified atom stereocenters. The topological polar surface area (TPSA) is 48.6 Å². The second-order valence-corrected chi connectivity index (χ2v) is 5.82. The number of hydrogen-bond acceptors (Lipinski definition) is 3. The summed E-state index contributed by atoms with van der Waals surface area (Å²) < 4.78 is 0.351. The molecule has 2 heterocycles. The Bertz CT molecular complexity index is 817. The maximum absolute atomic E-state index is 12.2. The fourth-order valence-electron chi connectivity index (χ4n) is 2.12. The highest BCUT2D eigenvalue weighted by atomic mass is 32.1. The van der Waals surface area contributed by atoms with Crippen molar-refractivity contribution >= 4 is 23.6 Å². The minimum absolute atomic E-state index is 0.124. The summed E-state index contributed by atoms with van der Waals surface area (Å²) in [7, 11) is 0. The zero-order valence-electron chi connectivity index (χ0n) is 10.6. The summed E-state index contributed by atoms with van der Waals surface area (Å²) in [6, 6.07) is 13.8. The minimum atomic E-state index is -0.124. The van der Waals surface area contributed by atoms with Crippen LogP contribution in [0.25, 0.3) is 11.3 Å². The highest BCUT2D eigenvalue weighted by Crippen LogP contribution is 2.22. The van der Waals surface area contributed by atoms with Crippen LogP contribution in [0.15, 0.2) is 52.6 Å². The first kappa shape index (κ1) is 13.0. The van der Waals surface area contributed by atoms with Crippen molar-refractivity contribution in [3.8, 4) is 11.3 Å². The van der Waals surface area contributed by atoms with Gasteiger partial charge in [0.2, 0.25) is 0 Å². The van der Waals surface area contributed by atoms with E-state index in [4.69, 9.17) is 12.2 Å². The summed E-state index contributed by atoms with van der Waals surface area (Å²) >= 11 is 6.73. The number of aromatic nitrogens is 2. The third-order valence-electron chi connectivity index (χ3n) is 3.04. The van der Waals surface area contributed by atoms with Crippen LogP contribution in [-0.2, 0) is 6.42 Å². The van der Waals surface area contributed by atoms with Crippen LogP contribution < -0.4 is 5.56 Å². The van der Waals surface area contributed by atoms with Gasteiger partial charge in [0.1, 0.15) is 0 Å². The Balaban J connectivity index is 2.18. The second-order valence-electron chi connectivity index (χ2n) is 4.38. The zero-order valence-corrected chi connectivity index (χ0v) is 12.2. The zero-order chi connectivity index (χ0) is 13.9. The molecule has 0 radical (unpaired) electrons. The van der Waals surface area contributed by atoms with Crippen molar-refractivity contribution < 1.29 is 0 Å². The number of rotatable bonds is 3. The van der Waals surface area contributed by atoms with Crippen LogP contribution in [0, 0.1) is 4.77 Å². The molecule has 3 rings (SSSR count). The molecule has 0 aliphatic rings. The molecule has 0 atom stereocenters. The molecule has 20 heavy (non-hydrogen) atoms. The lowest BCUT2D eigenvalue weighted by molar-refractivity contribution is 1.02. The first-order chi connectivity index (χ1) is 9.74. The summed E-state index contributed by atoms with van der Waals surface area (Å²) in [5.41, 5.74) is 2.36. The fourth-order valence-corrected chi connectivity index (χ4v) is 3.03. The SMILES string of the molecule is O=c1[nH]c(=S)[nH]c(-c2ccccc2)c1Cc1cccs1. The summed E-state index contributed by atoms with van der Waals surface area (Å²) in [4.78, 5) is 19.2. The Kier molecular flexibility index (Phi) is 3.62. The van der Waals surface area contributed by atoms with Crippen molar-refractivity contribution in [3.05, 3.63) is 73.4 Å². The molecule has 3 aromatic rings. The number of thiophene rings is 1. The van der Waals surface area contributed by atoms with Gasteiger partial charge in [0.25, 0.3) is 5.56 Å². The lowest BCUT2D eigenvalue weighted by Gasteiger charge is -2.08. The standard InChI is InChI=1S/C15H12N2OS2/c18-14-12(9-11-7-4-8-20-11)13(16-15(19)17-14)10-5-2-1-3-6-10/h1-8H,9H2,(H2,16,17,18,19). The van der Waals surface area contributed by atoms with E-state index in [2.05, 4.69) is 9.97 Å². The summed E-state index contributed by atoms with van der Waals surface area (Å²) in [5, 5.41) is 2.01. The molecule has 0 fully saturated rings. The predicted octanol–water partition coefficient (Wildman–Crippen LogP) is 3.75. The second kappa shape index (κ2) is 5.56. The fraction of sp³-hybridized carbons (Fsp3) is 0.0667. The van der Waals surface area contributed by atoms with Gasteiger partial charge in [0.15, 0.2) is 4.77 Å². The van der Waals surface area contributed by atoms with Crippen LogP contribution in [-0.4, -0.2) is 9.97 Å². The maximum Gasteiger partial charge on any atom is 0.255 e. The molecule has 0 spiro atoms. The molecule has 5 heteroatoms. The smallest absolute Gasteiger partial charge is 0.255 e. The van der Waals surface area contributed by atoms with Crippen molar-refractivity contribution in [2.75, 3.05) is 0 Å². The minimum Gasteiger partial charge on any atom is -0.331 e.